The van der Waals surface area contributed by atoms with Gasteiger partial charge in [-0.2, -0.15) is 0 Å². The lowest BCUT2D eigenvalue weighted by Gasteiger charge is -2.06. The summed E-state index contributed by atoms with van der Waals surface area (Å²) >= 11 is 6.17. The first-order valence-corrected chi connectivity index (χ1v) is 6.29. The van der Waals surface area contributed by atoms with Crippen molar-refractivity contribution in [1.82, 2.24) is 5.32 Å². The fourth-order valence-electron chi connectivity index (χ4n) is 1.62. The number of nitrogens with zero attached hydrogens (tertiary/aromatic N) is 1. The average molecular weight is 263 g/mol. The van der Waals surface area contributed by atoms with Crippen LogP contribution in [0.1, 0.15) is 19.8 Å². The monoisotopic (exact) mass is 262 g/mol. The van der Waals surface area contributed by atoms with Crippen LogP contribution >= 0.6 is 11.6 Å². The van der Waals surface area contributed by atoms with Gasteiger partial charge in [0.05, 0.1) is 0 Å². The quantitative estimate of drug-likeness (QED) is 0.450. The predicted molar refractivity (Wildman–Crippen MR) is 80.8 cm³/mol. The highest BCUT2D eigenvalue weighted by atomic mass is 35.5. The Morgan fingerprint density at radius 1 is 1.61 bits per heavy atom. The zero-order valence-electron chi connectivity index (χ0n) is 10.9. The molecule has 3 heteroatoms. The van der Waals surface area contributed by atoms with Crippen LogP contribution in [0, 0.1) is 0 Å². The summed E-state index contributed by atoms with van der Waals surface area (Å²) in [7, 11) is 1.72. The summed E-state index contributed by atoms with van der Waals surface area (Å²) in [4.78, 5) is 4.13. The number of rotatable bonds is 5. The Hall–Kier alpha value is -1.54. The van der Waals surface area contributed by atoms with Crippen molar-refractivity contribution in [1.29, 1.82) is 0 Å². The minimum Gasteiger partial charge on any atom is -0.345 e. The number of aliphatic imine (C=N–C) groups is 1. The van der Waals surface area contributed by atoms with Gasteiger partial charge >= 0.3 is 0 Å². The molecule has 0 heterocycles. The van der Waals surface area contributed by atoms with Crippen LogP contribution in [0.5, 0.6) is 0 Å². The van der Waals surface area contributed by atoms with E-state index in [1.54, 1.807) is 13.2 Å². The third kappa shape index (κ3) is 4.76. The topological polar surface area (TPSA) is 24.4 Å². The van der Waals surface area contributed by atoms with Crippen LogP contribution in [-0.4, -0.2) is 12.9 Å². The Bertz CT molecular complexity index is 451. The summed E-state index contributed by atoms with van der Waals surface area (Å²) in [5.41, 5.74) is 2.16. The molecular formula is C15H19ClN2. The second-order valence-electron chi connectivity index (χ2n) is 3.97. The van der Waals surface area contributed by atoms with Crippen molar-refractivity contribution in [3.63, 3.8) is 0 Å². The number of allylic oxidation sites excluding steroid dienone is 6. The van der Waals surface area contributed by atoms with Crippen LogP contribution in [0.15, 0.2) is 64.3 Å². The lowest BCUT2D eigenvalue weighted by Crippen LogP contribution is -2.18. The zero-order valence-corrected chi connectivity index (χ0v) is 11.7. The number of hydrogen-bond acceptors (Lipinski definition) is 1. The molecule has 0 amide bonds. The highest BCUT2D eigenvalue weighted by Gasteiger charge is 2.03. The number of nitrogens with one attached hydrogen (secondary N) is 1. The second-order valence-corrected chi connectivity index (χ2v) is 4.45. The number of hydrogen-bond donors (Lipinski definition) is 1. The Labute approximate surface area is 114 Å². The van der Waals surface area contributed by atoms with Gasteiger partial charge in [0, 0.05) is 30.3 Å². The molecule has 0 unspecified atom stereocenters. The van der Waals surface area contributed by atoms with Crippen LogP contribution < -0.4 is 5.32 Å². The third-order valence-electron chi connectivity index (χ3n) is 2.51. The van der Waals surface area contributed by atoms with Crippen molar-refractivity contribution < 1.29 is 0 Å². The molecule has 2 nitrogen and oxygen atoms in total. The maximum absolute atomic E-state index is 6.17. The number of amidine groups is 1. The van der Waals surface area contributed by atoms with Gasteiger partial charge in [-0.3, -0.25) is 4.99 Å². The summed E-state index contributed by atoms with van der Waals surface area (Å²) in [6.07, 6.45) is 13.6. The van der Waals surface area contributed by atoms with Crippen LogP contribution in [0.4, 0.5) is 0 Å². The van der Waals surface area contributed by atoms with E-state index < -0.39 is 0 Å². The fraction of sp³-hybridized carbons (Fsp3) is 0.267. The van der Waals surface area contributed by atoms with E-state index in [9.17, 15) is 0 Å². The molecule has 0 aromatic carbocycles. The van der Waals surface area contributed by atoms with E-state index in [1.165, 1.54) is 5.57 Å². The van der Waals surface area contributed by atoms with Crippen molar-refractivity contribution in [2.75, 3.05) is 7.05 Å². The third-order valence-corrected chi connectivity index (χ3v) is 2.75. The first-order valence-electron chi connectivity index (χ1n) is 5.91. The molecule has 0 aromatic rings. The molecule has 1 aliphatic carbocycles. The lowest BCUT2D eigenvalue weighted by molar-refractivity contribution is 1.09. The molecule has 1 aliphatic rings. The smallest absolute Gasteiger partial charge is 0.131 e. The van der Waals surface area contributed by atoms with Crippen molar-refractivity contribution in [3.8, 4) is 0 Å². The van der Waals surface area contributed by atoms with Gasteiger partial charge in [0.15, 0.2) is 0 Å². The standard InChI is InChI=1S/C15H19ClN2/c1-4-7-12(2)15(17-3)18-11-14(16)10-13-8-5-6-9-13/h4-8,11H,2,9-10H2,1,3H3,(H,17,18)/b7-4-,14-11+. The van der Waals surface area contributed by atoms with E-state index in [0.717, 1.165) is 29.3 Å². The average Bonchev–Trinajstić information content (AvgIpc) is 2.83. The SMILES string of the molecule is C=C(/C=C\C)C(=NC)N/C=C(/Cl)CC1=CC=CC1. The van der Waals surface area contributed by atoms with Gasteiger partial charge in [0.25, 0.3) is 0 Å². The van der Waals surface area contributed by atoms with Crippen molar-refractivity contribution in [3.05, 3.63) is 59.3 Å². The molecular weight excluding hydrogens is 244 g/mol. The summed E-state index contributed by atoms with van der Waals surface area (Å²) in [6, 6.07) is 0. The zero-order chi connectivity index (χ0) is 13.4. The normalized spacial score (nSPS) is 16.3. The largest absolute Gasteiger partial charge is 0.345 e. The first kappa shape index (κ1) is 14.5. The molecule has 0 aliphatic heterocycles. The molecule has 18 heavy (non-hydrogen) atoms. The second kappa shape index (κ2) is 7.72. The molecule has 0 atom stereocenters. The van der Waals surface area contributed by atoms with Gasteiger partial charge in [-0.1, -0.05) is 54.1 Å². The molecule has 1 rings (SSSR count). The van der Waals surface area contributed by atoms with Crippen molar-refractivity contribution in [2.24, 2.45) is 4.99 Å². The number of halogens is 1. The molecule has 96 valence electrons. The molecule has 0 aromatic heterocycles. The van der Waals surface area contributed by atoms with Gasteiger partial charge in [0.1, 0.15) is 5.84 Å². The van der Waals surface area contributed by atoms with Gasteiger partial charge < -0.3 is 5.32 Å². The van der Waals surface area contributed by atoms with Gasteiger partial charge in [-0.15, -0.1) is 0 Å². The van der Waals surface area contributed by atoms with E-state index in [-0.39, 0.29) is 0 Å². The van der Waals surface area contributed by atoms with E-state index in [0.29, 0.717) is 0 Å². The fourth-order valence-corrected chi connectivity index (χ4v) is 1.84. The molecule has 0 saturated heterocycles. The maximum Gasteiger partial charge on any atom is 0.131 e. The molecule has 0 fully saturated rings. The highest BCUT2D eigenvalue weighted by Crippen LogP contribution is 2.21. The lowest BCUT2D eigenvalue weighted by atomic mass is 10.1. The molecule has 0 spiro atoms. The Morgan fingerprint density at radius 2 is 2.39 bits per heavy atom. The van der Waals surface area contributed by atoms with E-state index in [1.807, 2.05) is 19.1 Å². The van der Waals surface area contributed by atoms with E-state index in [2.05, 4.69) is 35.1 Å². The Morgan fingerprint density at radius 3 is 2.94 bits per heavy atom. The molecule has 1 N–H and O–H groups in total. The Balaban J connectivity index is 2.53. The summed E-state index contributed by atoms with van der Waals surface area (Å²) in [5.74, 6) is 0.727. The minimum absolute atomic E-state index is 0.727. The van der Waals surface area contributed by atoms with Crippen molar-refractivity contribution >= 4 is 17.4 Å². The van der Waals surface area contributed by atoms with Crippen LogP contribution in [0.2, 0.25) is 0 Å². The van der Waals surface area contributed by atoms with Gasteiger partial charge in [-0.05, 0) is 13.3 Å². The van der Waals surface area contributed by atoms with E-state index >= 15 is 0 Å². The molecule has 0 saturated carbocycles. The summed E-state index contributed by atoms with van der Waals surface area (Å²) < 4.78 is 0. The van der Waals surface area contributed by atoms with E-state index in [4.69, 9.17) is 11.6 Å². The van der Waals surface area contributed by atoms with Crippen LogP contribution in [0.3, 0.4) is 0 Å². The van der Waals surface area contributed by atoms with Crippen molar-refractivity contribution in [2.45, 2.75) is 19.8 Å². The highest BCUT2D eigenvalue weighted by molar-refractivity contribution is 6.29. The molecule has 0 radical (unpaired) electrons. The van der Waals surface area contributed by atoms with Gasteiger partial charge in [0.2, 0.25) is 0 Å². The van der Waals surface area contributed by atoms with Crippen LogP contribution in [0.25, 0.3) is 0 Å². The maximum atomic E-state index is 6.17. The van der Waals surface area contributed by atoms with Gasteiger partial charge in [-0.25, -0.2) is 0 Å². The molecule has 0 bridgehead atoms. The summed E-state index contributed by atoms with van der Waals surface area (Å²) in [5, 5.41) is 3.85. The predicted octanol–water partition coefficient (Wildman–Crippen LogP) is 4.09. The minimum atomic E-state index is 0.727. The Kier molecular flexibility index (Phi) is 6.23. The van der Waals surface area contributed by atoms with Crippen LogP contribution in [-0.2, 0) is 0 Å². The summed E-state index contributed by atoms with van der Waals surface area (Å²) in [6.45, 7) is 5.87. The first-order chi connectivity index (χ1) is 8.67.